The first kappa shape index (κ1) is 16.3. The molecule has 0 spiro atoms. The van der Waals surface area contributed by atoms with Crippen LogP contribution in [0.4, 0.5) is 0 Å². The summed E-state index contributed by atoms with van der Waals surface area (Å²) in [6.45, 7) is 2.52. The molecule has 0 aliphatic rings. The number of aromatic hydroxyl groups is 1. The molecule has 2 aromatic carbocycles. The Morgan fingerprint density at radius 2 is 2.08 bits per heavy atom. The van der Waals surface area contributed by atoms with Gasteiger partial charge in [0.1, 0.15) is 5.75 Å². The SMILES string of the molecule is Cc1cc(O)c(-c2ccc(CCN)c(Cl)c2)c2c1ncc1sccc12. The van der Waals surface area contributed by atoms with Crippen LogP contribution in [0.3, 0.4) is 0 Å². The molecule has 126 valence electrons. The van der Waals surface area contributed by atoms with Crippen LogP contribution in [0.2, 0.25) is 5.02 Å². The quantitative estimate of drug-likeness (QED) is 0.516. The maximum Gasteiger partial charge on any atom is 0.124 e. The largest absolute Gasteiger partial charge is 0.507 e. The predicted molar refractivity (Wildman–Crippen MR) is 107 cm³/mol. The molecule has 2 heterocycles. The minimum absolute atomic E-state index is 0.244. The smallest absolute Gasteiger partial charge is 0.124 e. The third-order valence-electron chi connectivity index (χ3n) is 4.50. The van der Waals surface area contributed by atoms with Crippen LogP contribution in [-0.2, 0) is 6.42 Å². The van der Waals surface area contributed by atoms with Gasteiger partial charge in [-0.3, -0.25) is 4.98 Å². The van der Waals surface area contributed by atoms with Gasteiger partial charge in [0, 0.05) is 27.6 Å². The maximum absolute atomic E-state index is 10.7. The zero-order chi connectivity index (χ0) is 17.6. The molecule has 0 fully saturated rings. The van der Waals surface area contributed by atoms with Gasteiger partial charge in [-0.25, -0.2) is 0 Å². The normalized spacial score (nSPS) is 11.5. The summed E-state index contributed by atoms with van der Waals surface area (Å²) in [5, 5.41) is 15.5. The Balaban J connectivity index is 2.07. The summed E-state index contributed by atoms with van der Waals surface area (Å²) in [5.41, 5.74) is 10.2. The molecule has 0 radical (unpaired) electrons. The van der Waals surface area contributed by atoms with Gasteiger partial charge in [0.2, 0.25) is 0 Å². The van der Waals surface area contributed by atoms with E-state index in [9.17, 15) is 5.11 Å². The van der Waals surface area contributed by atoms with Crippen molar-refractivity contribution < 1.29 is 5.11 Å². The fraction of sp³-hybridized carbons (Fsp3) is 0.150. The minimum atomic E-state index is 0.244. The van der Waals surface area contributed by atoms with Gasteiger partial charge in [0.25, 0.3) is 0 Å². The van der Waals surface area contributed by atoms with Crippen molar-refractivity contribution in [2.45, 2.75) is 13.3 Å². The summed E-state index contributed by atoms with van der Waals surface area (Å²) >= 11 is 8.09. The van der Waals surface area contributed by atoms with E-state index in [1.807, 2.05) is 36.7 Å². The summed E-state index contributed by atoms with van der Waals surface area (Å²) < 4.78 is 1.10. The summed E-state index contributed by atoms with van der Waals surface area (Å²) in [6.07, 6.45) is 2.63. The number of aryl methyl sites for hydroxylation is 1. The van der Waals surface area contributed by atoms with E-state index in [2.05, 4.69) is 11.1 Å². The van der Waals surface area contributed by atoms with Crippen molar-refractivity contribution >= 4 is 43.9 Å². The van der Waals surface area contributed by atoms with Gasteiger partial charge in [-0.2, -0.15) is 0 Å². The molecule has 0 aliphatic heterocycles. The average Bonchev–Trinajstić information content (AvgIpc) is 3.06. The Kier molecular flexibility index (Phi) is 4.12. The molecule has 0 aliphatic carbocycles. The molecular weight excluding hydrogens is 352 g/mol. The number of rotatable bonds is 3. The van der Waals surface area contributed by atoms with Gasteiger partial charge >= 0.3 is 0 Å². The Hall–Kier alpha value is -2.14. The molecule has 25 heavy (non-hydrogen) atoms. The number of nitrogens with zero attached hydrogens (tertiary/aromatic N) is 1. The summed E-state index contributed by atoms with van der Waals surface area (Å²) in [6, 6.07) is 9.73. The molecule has 0 saturated heterocycles. The molecule has 3 nitrogen and oxygen atoms in total. The Morgan fingerprint density at radius 3 is 2.84 bits per heavy atom. The van der Waals surface area contributed by atoms with Crippen LogP contribution in [0.5, 0.6) is 5.75 Å². The first-order valence-electron chi connectivity index (χ1n) is 8.07. The number of phenolic OH excluding ortho intramolecular Hbond substituents is 1. The number of pyridine rings is 1. The molecule has 0 saturated carbocycles. The number of fused-ring (bicyclic) bond motifs is 3. The molecule has 3 N–H and O–H groups in total. The molecule has 0 unspecified atom stereocenters. The van der Waals surface area contributed by atoms with Crippen molar-refractivity contribution in [3.63, 3.8) is 0 Å². The van der Waals surface area contributed by atoms with Crippen molar-refractivity contribution in [1.29, 1.82) is 0 Å². The van der Waals surface area contributed by atoms with Crippen molar-refractivity contribution in [2.75, 3.05) is 6.54 Å². The van der Waals surface area contributed by atoms with Crippen LogP contribution in [-0.4, -0.2) is 16.6 Å². The number of benzene rings is 2. The van der Waals surface area contributed by atoms with Gasteiger partial charge in [0.05, 0.1) is 10.2 Å². The fourth-order valence-corrected chi connectivity index (χ4v) is 4.36. The number of aromatic nitrogens is 1. The van der Waals surface area contributed by atoms with E-state index in [0.717, 1.165) is 49.7 Å². The number of halogens is 1. The molecule has 4 aromatic rings. The lowest BCUT2D eigenvalue weighted by Crippen LogP contribution is -2.03. The van der Waals surface area contributed by atoms with Crippen LogP contribution < -0.4 is 5.73 Å². The second-order valence-electron chi connectivity index (χ2n) is 6.11. The third kappa shape index (κ3) is 2.67. The first-order valence-corrected chi connectivity index (χ1v) is 9.33. The molecule has 0 atom stereocenters. The van der Waals surface area contributed by atoms with E-state index >= 15 is 0 Å². The van der Waals surface area contributed by atoms with Crippen LogP contribution in [0, 0.1) is 6.92 Å². The average molecular weight is 369 g/mol. The number of phenols is 1. The summed E-state index contributed by atoms with van der Waals surface area (Å²) in [4.78, 5) is 4.63. The first-order chi connectivity index (χ1) is 12.1. The summed E-state index contributed by atoms with van der Waals surface area (Å²) in [5.74, 6) is 0.244. The number of hydrogen-bond donors (Lipinski definition) is 2. The van der Waals surface area contributed by atoms with Gasteiger partial charge in [-0.15, -0.1) is 11.3 Å². The topological polar surface area (TPSA) is 59.1 Å². The second kappa shape index (κ2) is 6.30. The van der Waals surface area contributed by atoms with E-state index in [0.29, 0.717) is 11.6 Å². The molecule has 0 amide bonds. The number of thiophene rings is 1. The molecule has 5 heteroatoms. The zero-order valence-electron chi connectivity index (χ0n) is 13.7. The lowest BCUT2D eigenvalue weighted by Gasteiger charge is -2.14. The van der Waals surface area contributed by atoms with E-state index in [1.54, 1.807) is 17.4 Å². The Labute approximate surface area is 154 Å². The fourth-order valence-electron chi connectivity index (χ4n) is 3.32. The highest BCUT2D eigenvalue weighted by atomic mass is 35.5. The van der Waals surface area contributed by atoms with Crippen molar-refractivity contribution in [2.24, 2.45) is 5.73 Å². The second-order valence-corrected chi connectivity index (χ2v) is 7.47. The molecule has 2 aromatic heterocycles. The van der Waals surface area contributed by atoms with Crippen molar-refractivity contribution in [3.05, 3.63) is 58.1 Å². The lowest BCUT2D eigenvalue weighted by molar-refractivity contribution is 0.477. The van der Waals surface area contributed by atoms with E-state index in [-0.39, 0.29) is 5.75 Å². The monoisotopic (exact) mass is 368 g/mol. The lowest BCUT2D eigenvalue weighted by atomic mass is 9.94. The highest BCUT2D eigenvalue weighted by Gasteiger charge is 2.17. The van der Waals surface area contributed by atoms with E-state index in [4.69, 9.17) is 17.3 Å². The van der Waals surface area contributed by atoms with Crippen LogP contribution >= 0.6 is 22.9 Å². The highest BCUT2D eigenvalue weighted by molar-refractivity contribution is 7.17. The molecule has 4 rings (SSSR count). The van der Waals surface area contributed by atoms with Gasteiger partial charge in [0.15, 0.2) is 0 Å². The van der Waals surface area contributed by atoms with Crippen LogP contribution in [0.15, 0.2) is 41.9 Å². The minimum Gasteiger partial charge on any atom is -0.507 e. The van der Waals surface area contributed by atoms with Gasteiger partial charge in [-0.05, 0) is 60.2 Å². The van der Waals surface area contributed by atoms with Crippen LogP contribution in [0.25, 0.3) is 32.1 Å². The van der Waals surface area contributed by atoms with Crippen molar-refractivity contribution in [1.82, 2.24) is 4.98 Å². The van der Waals surface area contributed by atoms with Crippen LogP contribution in [0.1, 0.15) is 11.1 Å². The predicted octanol–water partition coefficient (Wildman–Crippen LogP) is 5.29. The Bertz CT molecular complexity index is 1100. The zero-order valence-corrected chi connectivity index (χ0v) is 15.3. The standard InChI is InChI=1S/C20H17ClN2OS/c1-11-8-16(24)18(13-3-2-12(4-6-22)15(21)9-13)19-14-5-7-25-17(14)10-23-20(11)19/h2-3,5,7-10,24H,4,6,22H2,1H3. The number of hydrogen-bond acceptors (Lipinski definition) is 4. The summed E-state index contributed by atoms with van der Waals surface area (Å²) in [7, 11) is 0. The van der Waals surface area contributed by atoms with E-state index in [1.165, 1.54) is 0 Å². The van der Waals surface area contributed by atoms with Crippen molar-refractivity contribution in [3.8, 4) is 16.9 Å². The van der Waals surface area contributed by atoms with Gasteiger partial charge < -0.3 is 10.8 Å². The highest BCUT2D eigenvalue weighted by Crippen LogP contribution is 2.42. The molecule has 0 bridgehead atoms. The Morgan fingerprint density at radius 1 is 1.24 bits per heavy atom. The molecular formula is C20H17ClN2OS. The number of nitrogens with two attached hydrogens (primary N) is 1. The van der Waals surface area contributed by atoms with Gasteiger partial charge in [-0.1, -0.05) is 23.7 Å². The third-order valence-corrected chi connectivity index (χ3v) is 5.70. The maximum atomic E-state index is 10.7. The van der Waals surface area contributed by atoms with E-state index < -0.39 is 0 Å².